The van der Waals surface area contributed by atoms with E-state index >= 15 is 0 Å². The zero-order valence-corrected chi connectivity index (χ0v) is 13.3. The number of hydrogen-bond acceptors (Lipinski definition) is 4. The van der Waals surface area contributed by atoms with E-state index in [4.69, 9.17) is 3.97 Å². The first-order valence-electron chi connectivity index (χ1n) is 6.92. The van der Waals surface area contributed by atoms with Gasteiger partial charge in [0.25, 0.3) is 10.1 Å². The molecule has 0 aromatic heterocycles. The molecule has 2 heterocycles. The van der Waals surface area contributed by atoms with Gasteiger partial charge >= 0.3 is 7.67 Å². The molecule has 112 valence electrons. The Morgan fingerprint density at radius 1 is 0.947 bits per heavy atom. The van der Waals surface area contributed by atoms with Crippen LogP contribution in [0.2, 0.25) is 0 Å². The lowest BCUT2D eigenvalue weighted by atomic mass is 10.4. The SMILES string of the molecule is CC(C)S(=O)(=O)OP(=O)(N1CCCC1)N1CCCC1. The standard InChI is InChI=1S/C11H23N2O4PS/c1-11(2)19(15,16)17-18(14,12-7-3-4-8-12)13-9-5-6-10-13/h11H,3-10H2,1-2H3. The van der Waals surface area contributed by atoms with Crippen molar-refractivity contribution in [2.45, 2.75) is 44.8 Å². The van der Waals surface area contributed by atoms with Crippen molar-refractivity contribution in [1.82, 2.24) is 9.34 Å². The summed E-state index contributed by atoms with van der Waals surface area (Å²) in [5.74, 6) is 0. The van der Waals surface area contributed by atoms with Gasteiger partial charge in [0.15, 0.2) is 0 Å². The first-order chi connectivity index (χ1) is 8.86. The Bertz CT molecular complexity index is 433. The topological polar surface area (TPSA) is 66.9 Å². The summed E-state index contributed by atoms with van der Waals surface area (Å²) < 4.78 is 45.9. The molecule has 2 rings (SSSR count). The number of hydrogen-bond donors (Lipinski definition) is 0. The molecule has 6 nitrogen and oxygen atoms in total. The normalized spacial score (nSPS) is 23.5. The van der Waals surface area contributed by atoms with Gasteiger partial charge in [-0.25, -0.2) is 9.34 Å². The van der Waals surface area contributed by atoms with Crippen LogP contribution in [0.1, 0.15) is 39.5 Å². The molecular formula is C11H23N2O4PS. The van der Waals surface area contributed by atoms with Crippen LogP contribution in [0.4, 0.5) is 0 Å². The van der Waals surface area contributed by atoms with E-state index in [-0.39, 0.29) is 0 Å². The summed E-state index contributed by atoms with van der Waals surface area (Å²) in [6.07, 6.45) is 3.79. The summed E-state index contributed by atoms with van der Waals surface area (Å²) in [7, 11) is -7.19. The summed E-state index contributed by atoms with van der Waals surface area (Å²) in [4.78, 5) is 0. The molecule has 0 aliphatic carbocycles. The van der Waals surface area contributed by atoms with Crippen LogP contribution in [0.15, 0.2) is 0 Å². The summed E-state index contributed by atoms with van der Waals surface area (Å²) in [6, 6.07) is 0. The highest BCUT2D eigenvalue weighted by Crippen LogP contribution is 2.58. The van der Waals surface area contributed by atoms with Gasteiger partial charge in [0.05, 0.1) is 5.25 Å². The smallest absolute Gasteiger partial charge is 0.254 e. The van der Waals surface area contributed by atoms with Gasteiger partial charge in [0, 0.05) is 26.2 Å². The van der Waals surface area contributed by atoms with Crippen LogP contribution in [0.3, 0.4) is 0 Å². The Labute approximate surface area is 115 Å². The van der Waals surface area contributed by atoms with Gasteiger partial charge in [-0.05, 0) is 39.5 Å². The Morgan fingerprint density at radius 3 is 1.63 bits per heavy atom. The molecule has 0 N–H and O–H groups in total. The quantitative estimate of drug-likeness (QED) is 0.724. The highest BCUT2D eigenvalue weighted by atomic mass is 32.2. The van der Waals surface area contributed by atoms with E-state index in [2.05, 4.69) is 0 Å². The monoisotopic (exact) mass is 310 g/mol. The zero-order valence-electron chi connectivity index (χ0n) is 11.6. The third-order valence-electron chi connectivity index (χ3n) is 3.66. The fourth-order valence-electron chi connectivity index (χ4n) is 2.40. The van der Waals surface area contributed by atoms with Crippen molar-refractivity contribution in [2.75, 3.05) is 26.2 Å². The van der Waals surface area contributed by atoms with Crippen LogP contribution in [0.25, 0.3) is 0 Å². The third-order valence-corrected chi connectivity index (χ3v) is 8.65. The van der Waals surface area contributed by atoms with Crippen molar-refractivity contribution in [1.29, 1.82) is 0 Å². The third kappa shape index (κ3) is 3.22. The second-order valence-electron chi connectivity index (χ2n) is 5.43. The largest absolute Gasteiger partial charge is 0.360 e. The van der Waals surface area contributed by atoms with Crippen LogP contribution in [0.5, 0.6) is 0 Å². The van der Waals surface area contributed by atoms with E-state index < -0.39 is 23.0 Å². The Kier molecular flexibility index (Phi) is 4.73. The predicted molar refractivity (Wildman–Crippen MR) is 74.4 cm³/mol. The van der Waals surface area contributed by atoms with Crippen LogP contribution in [-0.4, -0.2) is 49.2 Å². The van der Waals surface area contributed by atoms with Crippen molar-refractivity contribution >= 4 is 17.8 Å². The van der Waals surface area contributed by atoms with Crippen molar-refractivity contribution in [3.63, 3.8) is 0 Å². The molecule has 2 aliphatic heterocycles. The van der Waals surface area contributed by atoms with Gasteiger partial charge in [-0.2, -0.15) is 12.4 Å². The lowest BCUT2D eigenvalue weighted by Crippen LogP contribution is -2.32. The predicted octanol–water partition coefficient (Wildman–Crippen LogP) is 2.04. The van der Waals surface area contributed by atoms with E-state index in [1.807, 2.05) is 0 Å². The summed E-state index contributed by atoms with van der Waals surface area (Å²) in [5, 5.41) is -0.675. The van der Waals surface area contributed by atoms with Crippen molar-refractivity contribution in [3.8, 4) is 0 Å². The average molecular weight is 310 g/mol. The molecule has 0 aromatic rings. The van der Waals surface area contributed by atoms with Gasteiger partial charge in [0.2, 0.25) is 0 Å². The van der Waals surface area contributed by atoms with Crippen molar-refractivity contribution in [2.24, 2.45) is 0 Å². The Balaban J connectivity index is 2.26. The first kappa shape index (κ1) is 15.4. The Morgan fingerprint density at radius 2 is 1.32 bits per heavy atom. The van der Waals surface area contributed by atoms with Gasteiger partial charge in [-0.1, -0.05) is 0 Å². The summed E-state index contributed by atoms with van der Waals surface area (Å²) >= 11 is 0. The van der Waals surface area contributed by atoms with E-state index in [0.717, 1.165) is 25.7 Å². The number of nitrogens with zero attached hydrogens (tertiary/aromatic N) is 2. The van der Waals surface area contributed by atoms with E-state index in [1.54, 1.807) is 23.2 Å². The molecular weight excluding hydrogens is 287 g/mol. The second-order valence-corrected chi connectivity index (χ2v) is 10.1. The molecule has 0 spiro atoms. The summed E-state index contributed by atoms with van der Waals surface area (Å²) in [5.41, 5.74) is 0. The molecule has 0 radical (unpaired) electrons. The highest BCUT2D eigenvalue weighted by Gasteiger charge is 2.45. The molecule has 2 saturated heterocycles. The maximum Gasteiger partial charge on any atom is 0.360 e. The van der Waals surface area contributed by atoms with Crippen molar-refractivity contribution < 1.29 is 17.0 Å². The molecule has 8 heteroatoms. The van der Waals surface area contributed by atoms with E-state index in [1.165, 1.54) is 0 Å². The average Bonchev–Trinajstić information content (AvgIpc) is 3.02. The lowest BCUT2D eigenvalue weighted by Gasteiger charge is -2.33. The lowest BCUT2D eigenvalue weighted by molar-refractivity contribution is 0.314. The summed E-state index contributed by atoms with van der Waals surface area (Å²) in [6.45, 7) is 5.72. The van der Waals surface area contributed by atoms with Gasteiger partial charge in [-0.3, -0.25) is 4.57 Å². The van der Waals surface area contributed by atoms with E-state index in [9.17, 15) is 13.0 Å². The molecule has 0 saturated carbocycles. The molecule has 0 aromatic carbocycles. The number of rotatable bonds is 5. The minimum atomic E-state index is -3.78. The van der Waals surface area contributed by atoms with Gasteiger partial charge in [-0.15, -0.1) is 0 Å². The van der Waals surface area contributed by atoms with Crippen LogP contribution < -0.4 is 0 Å². The molecule has 0 bridgehead atoms. The molecule has 2 aliphatic rings. The Hall–Kier alpha value is 0.0600. The molecule has 19 heavy (non-hydrogen) atoms. The molecule has 0 atom stereocenters. The van der Waals surface area contributed by atoms with Gasteiger partial charge in [0.1, 0.15) is 0 Å². The van der Waals surface area contributed by atoms with Crippen molar-refractivity contribution in [3.05, 3.63) is 0 Å². The molecule has 0 unspecified atom stereocenters. The zero-order chi connectivity index (χ0) is 14.1. The van der Waals surface area contributed by atoms with Crippen LogP contribution in [0, 0.1) is 0 Å². The molecule has 2 fully saturated rings. The minimum Gasteiger partial charge on any atom is -0.254 e. The van der Waals surface area contributed by atoms with Crippen LogP contribution >= 0.6 is 7.67 Å². The first-order valence-corrected chi connectivity index (χ1v) is 9.92. The fraction of sp³-hybridized carbons (Fsp3) is 1.00. The maximum atomic E-state index is 13.2. The fourth-order valence-corrected chi connectivity index (χ4v) is 6.86. The molecule has 0 amide bonds. The van der Waals surface area contributed by atoms with Crippen LogP contribution in [-0.2, 0) is 18.7 Å². The highest BCUT2D eigenvalue weighted by molar-refractivity contribution is 7.91. The van der Waals surface area contributed by atoms with Gasteiger partial charge < -0.3 is 0 Å². The second kappa shape index (κ2) is 5.82. The van der Waals surface area contributed by atoms with E-state index in [0.29, 0.717) is 26.2 Å². The maximum absolute atomic E-state index is 13.2. The minimum absolute atomic E-state index is 0.654.